The van der Waals surface area contributed by atoms with Crippen LogP contribution in [0, 0.1) is 0 Å². The molecule has 0 fully saturated rings. The molecule has 0 N–H and O–H groups in total. The Morgan fingerprint density at radius 2 is 2.00 bits per heavy atom. The van der Waals surface area contributed by atoms with Crippen LogP contribution < -0.4 is 4.74 Å². The van der Waals surface area contributed by atoms with Crippen molar-refractivity contribution in [1.29, 1.82) is 0 Å². The first-order chi connectivity index (χ1) is 7.49. The Bertz CT molecular complexity index is 352. The Hall–Kier alpha value is -0.750. The van der Waals surface area contributed by atoms with Gasteiger partial charge in [-0.15, -0.1) is 0 Å². The van der Waals surface area contributed by atoms with Crippen LogP contribution in [-0.4, -0.2) is 13.9 Å². The van der Waals surface area contributed by atoms with Crippen molar-refractivity contribution in [2.45, 2.75) is 11.5 Å². The standard InChI is InChI=1S/C10H10BrF3O2/c1-15-6-16-9-3-2-7(5-11)4-8(9)10(12,13)14/h2-4H,5-6H2,1H3. The van der Waals surface area contributed by atoms with Crippen LogP contribution in [0.4, 0.5) is 13.2 Å². The van der Waals surface area contributed by atoms with Crippen molar-refractivity contribution in [2.24, 2.45) is 0 Å². The summed E-state index contributed by atoms with van der Waals surface area (Å²) < 4.78 is 47.4. The van der Waals surface area contributed by atoms with E-state index in [1.54, 1.807) is 6.07 Å². The highest BCUT2D eigenvalue weighted by Gasteiger charge is 2.34. The molecule has 0 aromatic heterocycles. The van der Waals surface area contributed by atoms with Crippen molar-refractivity contribution >= 4 is 15.9 Å². The highest BCUT2D eigenvalue weighted by molar-refractivity contribution is 9.08. The first-order valence-electron chi connectivity index (χ1n) is 4.37. The summed E-state index contributed by atoms with van der Waals surface area (Å²) in [4.78, 5) is 0. The van der Waals surface area contributed by atoms with E-state index in [4.69, 9.17) is 4.74 Å². The summed E-state index contributed by atoms with van der Waals surface area (Å²) in [6, 6.07) is 3.91. The predicted octanol–water partition coefficient (Wildman–Crippen LogP) is 3.58. The van der Waals surface area contributed by atoms with E-state index in [0.29, 0.717) is 10.9 Å². The van der Waals surface area contributed by atoms with Crippen molar-refractivity contribution in [3.05, 3.63) is 29.3 Å². The summed E-state index contributed by atoms with van der Waals surface area (Å²) in [5, 5.41) is 0.362. The molecule has 0 amide bonds. The molecule has 0 aliphatic heterocycles. The van der Waals surface area contributed by atoms with Crippen LogP contribution in [0.15, 0.2) is 18.2 Å². The molecule has 0 saturated carbocycles. The van der Waals surface area contributed by atoms with Crippen LogP contribution in [0.25, 0.3) is 0 Å². The minimum atomic E-state index is -4.43. The van der Waals surface area contributed by atoms with Gasteiger partial charge in [0.15, 0.2) is 6.79 Å². The van der Waals surface area contributed by atoms with Crippen molar-refractivity contribution in [3.63, 3.8) is 0 Å². The summed E-state index contributed by atoms with van der Waals surface area (Å²) in [7, 11) is 1.35. The van der Waals surface area contributed by atoms with Gasteiger partial charge in [0, 0.05) is 12.4 Å². The number of benzene rings is 1. The Balaban J connectivity index is 3.06. The molecule has 2 nitrogen and oxygen atoms in total. The molecule has 0 bridgehead atoms. The molecule has 1 aromatic carbocycles. The van der Waals surface area contributed by atoms with E-state index in [1.165, 1.54) is 13.2 Å². The number of ether oxygens (including phenoxy) is 2. The van der Waals surface area contributed by atoms with Gasteiger partial charge in [-0.05, 0) is 17.7 Å². The van der Waals surface area contributed by atoms with E-state index in [2.05, 4.69) is 20.7 Å². The lowest BCUT2D eigenvalue weighted by molar-refractivity contribution is -0.139. The maximum absolute atomic E-state index is 12.7. The van der Waals surface area contributed by atoms with Gasteiger partial charge in [-0.3, -0.25) is 0 Å². The molecule has 0 spiro atoms. The van der Waals surface area contributed by atoms with Gasteiger partial charge in [0.2, 0.25) is 0 Å². The summed E-state index contributed by atoms with van der Waals surface area (Å²) in [6.45, 7) is -0.212. The second kappa shape index (κ2) is 5.54. The lowest BCUT2D eigenvalue weighted by Crippen LogP contribution is -2.10. The average molecular weight is 299 g/mol. The molecule has 0 saturated heterocycles. The maximum atomic E-state index is 12.7. The Morgan fingerprint density at radius 1 is 1.31 bits per heavy atom. The van der Waals surface area contributed by atoms with Gasteiger partial charge in [-0.1, -0.05) is 22.0 Å². The lowest BCUT2D eigenvalue weighted by atomic mass is 10.1. The third-order valence-corrected chi connectivity index (χ3v) is 2.48. The molecular formula is C10H10BrF3O2. The summed E-state index contributed by atoms with van der Waals surface area (Å²) in [5.74, 6) is -0.223. The molecule has 0 aliphatic rings. The Kier molecular flexibility index (Phi) is 4.61. The first kappa shape index (κ1) is 13.3. The molecule has 1 aromatic rings. The highest BCUT2D eigenvalue weighted by Crippen LogP contribution is 2.37. The van der Waals surface area contributed by atoms with Gasteiger partial charge < -0.3 is 9.47 Å². The predicted molar refractivity (Wildman–Crippen MR) is 56.6 cm³/mol. The van der Waals surface area contributed by atoms with Crippen LogP contribution in [-0.2, 0) is 16.2 Å². The largest absolute Gasteiger partial charge is 0.467 e. The van der Waals surface area contributed by atoms with Gasteiger partial charge in [0.25, 0.3) is 0 Å². The average Bonchev–Trinajstić information content (AvgIpc) is 2.25. The molecule has 0 heterocycles. The zero-order valence-corrected chi connectivity index (χ0v) is 10.1. The third kappa shape index (κ3) is 3.38. The second-order valence-corrected chi connectivity index (χ2v) is 3.57. The van der Waals surface area contributed by atoms with Crippen LogP contribution >= 0.6 is 15.9 Å². The summed E-state index contributed by atoms with van der Waals surface area (Å²) in [5.41, 5.74) is -0.251. The number of hydrogen-bond acceptors (Lipinski definition) is 2. The molecule has 0 unspecified atom stereocenters. The zero-order valence-electron chi connectivity index (χ0n) is 8.47. The number of alkyl halides is 4. The monoisotopic (exact) mass is 298 g/mol. The van der Waals surface area contributed by atoms with Gasteiger partial charge in [-0.2, -0.15) is 13.2 Å². The van der Waals surface area contributed by atoms with Gasteiger partial charge >= 0.3 is 6.18 Å². The topological polar surface area (TPSA) is 18.5 Å². The minimum Gasteiger partial charge on any atom is -0.467 e. The van der Waals surface area contributed by atoms with E-state index >= 15 is 0 Å². The SMILES string of the molecule is COCOc1ccc(CBr)cc1C(F)(F)F. The highest BCUT2D eigenvalue weighted by atomic mass is 79.9. The molecule has 90 valence electrons. The van der Waals surface area contributed by atoms with Crippen molar-refractivity contribution < 1.29 is 22.6 Å². The molecule has 16 heavy (non-hydrogen) atoms. The normalized spacial score (nSPS) is 11.6. The smallest absolute Gasteiger partial charge is 0.419 e. The van der Waals surface area contributed by atoms with Crippen LogP contribution in [0.5, 0.6) is 5.75 Å². The van der Waals surface area contributed by atoms with E-state index < -0.39 is 11.7 Å². The number of rotatable bonds is 4. The number of hydrogen-bond donors (Lipinski definition) is 0. The Labute approximate surface area is 99.5 Å². The second-order valence-electron chi connectivity index (χ2n) is 3.01. The van der Waals surface area contributed by atoms with E-state index in [9.17, 15) is 13.2 Å². The fourth-order valence-electron chi connectivity index (χ4n) is 1.13. The van der Waals surface area contributed by atoms with E-state index in [-0.39, 0.29) is 12.5 Å². The number of methoxy groups -OCH3 is 1. The van der Waals surface area contributed by atoms with E-state index in [1.807, 2.05) is 0 Å². The van der Waals surface area contributed by atoms with Crippen molar-refractivity contribution in [3.8, 4) is 5.75 Å². The van der Waals surface area contributed by atoms with Crippen molar-refractivity contribution in [2.75, 3.05) is 13.9 Å². The minimum absolute atomic E-state index is 0.212. The van der Waals surface area contributed by atoms with Gasteiger partial charge in [0.05, 0.1) is 5.56 Å². The molecule has 0 aliphatic carbocycles. The maximum Gasteiger partial charge on any atom is 0.419 e. The van der Waals surface area contributed by atoms with Crippen LogP contribution in [0.2, 0.25) is 0 Å². The first-order valence-corrected chi connectivity index (χ1v) is 5.49. The lowest BCUT2D eigenvalue weighted by Gasteiger charge is -2.14. The molecular weight excluding hydrogens is 289 g/mol. The zero-order chi connectivity index (χ0) is 12.2. The number of halogens is 4. The van der Waals surface area contributed by atoms with Crippen molar-refractivity contribution in [1.82, 2.24) is 0 Å². The van der Waals surface area contributed by atoms with Crippen LogP contribution in [0.1, 0.15) is 11.1 Å². The van der Waals surface area contributed by atoms with E-state index in [0.717, 1.165) is 6.07 Å². The quantitative estimate of drug-likeness (QED) is 0.625. The van der Waals surface area contributed by atoms with Gasteiger partial charge in [0.1, 0.15) is 5.75 Å². The summed E-state index contributed by atoms with van der Waals surface area (Å²) >= 11 is 3.10. The molecule has 6 heteroatoms. The van der Waals surface area contributed by atoms with Gasteiger partial charge in [-0.25, -0.2) is 0 Å². The molecule has 1 rings (SSSR count). The summed E-state index contributed by atoms with van der Waals surface area (Å²) in [6.07, 6.45) is -4.43. The third-order valence-electron chi connectivity index (χ3n) is 1.84. The molecule has 0 radical (unpaired) electrons. The fraction of sp³-hybridized carbons (Fsp3) is 0.400. The Morgan fingerprint density at radius 3 is 2.50 bits per heavy atom. The fourth-order valence-corrected chi connectivity index (χ4v) is 1.48. The molecule has 0 atom stereocenters. The van der Waals surface area contributed by atoms with Crippen LogP contribution in [0.3, 0.4) is 0 Å².